The third-order valence-electron chi connectivity index (χ3n) is 3.02. The van der Waals surface area contributed by atoms with E-state index in [0.29, 0.717) is 31.3 Å². The summed E-state index contributed by atoms with van der Waals surface area (Å²) in [5.41, 5.74) is -0.817. The van der Waals surface area contributed by atoms with Crippen molar-refractivity contribution in [2.24, 2.45) is 5.41 Å². The summed E-state index contributed by atoms with van der Waals surface area (Å²) in [5, 5.41) is 12.2. The number of rotatable bonds is 8. The van der Waals surface area contributed by atoms with Crippen LogP contribution in [-0.2, 0) is 4.79 Å². The molecule has 0 radical (unpaired) electrons. The van der Waals surface area contributed by atoms with Gasteiger partial charge < -0.3 is 15.2 Å². The van der Waals surface area contributed by atoms with Crippen molar-refractivity contribution < 1.29 is 14.6 Å². The average molecular weight is 267 g/mol. The maximum absolute atomic E-state index is 11.2. The minimum atomic E-state index is -0.825. The van der Waals surface area contributed by atoms with E-state index in [4.69, 9.17) is 4.74 Å². The van der Waals surface area contributed by atoms with Crippen molar-refractivity contribution in [2.75, 3.05) is 18.5 Å². The van der Waals surface area contributed by atoms with Crippen LogP contribution in [0.2, 0.25) is 0 Å². The van der Waals surface area contributed by atoms with Crippen LogP contribution in [0.25, 0.3) is 0 Å². The fourth-order valence-corrected chi connectivity index (χ4v) is 1.35. The Morgan fingerprint density at radius 3 is 2.79 bits per heavy atom. The number of carboxylic acids is 1. The lowest BCUT2D eigenvalue weighted by Gasteiger charge is -2.23. The summed E-state index contributed by atoms with van der Waals surface area (Å²) in [6.45, 7) is 6.44. The van der Waals surface area contributed by atoms with E-state index < -0.39 is 11.4 Å². The molecule has 1 atom stereocenters. The lowest BCUT2D eigenvalue weighted by atomic mass is 9.88. The first-order chi connectivity index (χ1) is 9.01. The second-order valence-corrected chi connectivity index (χ2v) is 4.66. The maximum atomic E-state index is 11.2. The number of ether oxygens (including phenoxy) is 1. The van der Waals surface area contributed by atoms with Gasteiger partial charge in [0, 0.05) is 6.54 Å². The van der Waals surface area contributed by atoms with Gasteiger partial charge in [-0.25, -0.2) is 0 Å². The first-order valence-electron chi connectivity index (χ1n) is 6.44. The van der Waals surface area contributed by atoms with E-state index in [1.54, 1.807) is 13.1 Å². The fraction of sp³-hybridized carbons (Fsp3) is 0.615. The third-order valence-corrected chi connectivity index (χ3v) is 3.02. The monoisotopic (exact) mass is 267 g/mol. The van der Waals surface area contributed by atoms with Crippen molar-refractivity contribution in [3.05, 3.63) is 12.4 Å². The second kappa shape index (κ2) is 6.92. The molecule has 0 aliphatic heterocycles. The molecule has 0 amide bonds. The summed E-state index contributed by atoms with van der Waals surface area (Å²) in [4.78, 5) is 19.4. The number of nitrogens with one attached hydrogen (secondary N) is 1. The minimum Gasteiger partial charge on any atom is -0.481 e. The van der Waals surface area contributed by atoms with Gasteiger partial charge in [-0.3, -0.25) is 9.78 Å². The first-order valence-corrected chi connectivity index (χ1v) is 6.44. The molecule has 0 saturated heterocycles. The number of carboxylic acid groups (broad SMARTS) is 1. The highest BCUT2D eigenvalue weighted by atomic mass is 16.5. The third kappa shape index (κ3) is 4.39. The predicted octanol–water partition coefficient (Wildman–Crippen LogP) is 2.18. The molecule has 2 N–H and O–H groups in total. The summed E-state index contributed by atoms with van der Waals surface area (Å²) in [5.74, 6) is 0.142. The molecule has 6 heteroatoms. The first kappa shape index (κ1) is 15.2. The molecule has 1 heterocycles. The Hall–Kier alpha value is -1.85. The topological polar surface area (TPSA) is 84.3 Å². The highest BCUT2D eigenvalue weighted by Gasteiger charge is 2.30. The van der Waals surface area contributed by atoms with Gasteiger partial charge in [0.25, 0.3) is 0 Å². The lowest BCUT2D eigenvalue weighted by Crippen LogP contribution is -2.34. The van der Waals surface area contributed by atoms with Crippen LogP contribution in [-0.4, -0.2) is 34.2 Å². The van der Waals surface area contributed by atoms with E-state index in [2.05, 4.69) is 15.3 Å². The Labute approximate surface area is 113 Å². The average Bonchev–Trinajstić information content (AvgIpc) is 2.42. The number of hydrogen-bond donors (Lipinski definition) is 2. The minimum absolute atomic E-state index is 0.296. The van der Waals surface area contributed by atoms with Crippen LogP contribution < -0.4 is 10.1 Å². The van der Waals surface area contributed by atoms with E-state index in [9.17, 15) is 9.90 Å². The van der Waals surface area contributed by atoms with Crippen molar-refractivity contribution in [3.8, 4) is 5.88 Å². The molecule has 1 aromatic heterocycles. The van der Waals surface area contributed by atoms with Gasteiger partial charge >= 0.3 is 5.97 Å². The molecule has 0 bridgehead atoms. The van der Waals surface area contributed by atoms with Crippen molar-refractivity contribution in [2.45, 2.75) is 33.6 Å². The quantitative estimate of drug-likeness (QED) is 0.751. The van der Waals surface area contributed by atoms with Gasteiger partial charge in [-0.2, -0.15) is 4.98 Å². The van der Waals surface area contributed by atoms with Gasteiger partial charge in [0.2, 0.25) is 5.88 Å². The van der Waals surface area contributed by atoms with E-state index in [0.717, 1.165) is 6.42 Å². The van der Waals surface area contributed by atoms with Crippen molar-refractivity contribution in [1.29, 1.82) is 0 Å². The number of hydrogen-bond acceptors (Lipinski definition) is 5. The molecular weight excluding hydrogens is 246 g/mol. The van der Waals surface area contributed by atoms with E-state index in [1.807, 2.05) is 13.8 Å². The highest BCUT2D eigenvalue weighted by molar-refractivity contribution is 5.74. The Balaban J connectivity index is 2.64. The summed E-state index contributed by atoms with van der Waals surface area (Å²) in [7, 11) is 0. The Morgan fingerprint density at radius 2 is 2.21 bits per heavy atom. The molecule has 0 fully saturated rings. The smallest absolute Gasteiger partial charge is 0.311 e. The standard InChI is InChI=1S/C13H21N3O3/c1-4-6-19-11-8-14-7-10(16-11)15-9-13(3,5-2)12(17)18/h7-8H,4-6,9H2,1-3H3,(H,15,16)(H,17,18). The molecular formula is C13H21N3O3. The molecule has 1 aromatic rings. The fourth-order valence-electron chi connectivity index (χ4n) is 1.35. The van der Waals surface area contributed by atoms with Crippen molar-refractivity contribution >= 4 is 11.8 Å². The zero-order valence-electron chi connectivity index (χ0n) is 11.6. The molecule has 1 rings (SSSR count). The van der Waals surface area contributed by atoms with Gasteiger partial charge in [-0.15, -0.1) is 0 Å². The van der Waals surface area contributed by atoms with Crippen LogP contribution in [0.3, 0.4) is 0 Å². The van der Waals surface area contributed by atoms with Gasteiger partial charge in [0.1, 0.15) is 5.82 Å². The predicted molar refractivity (Wildman–Crippen MR) is 72.3 cm³/mol. The summed E-state index contributed by atoms with van der Waals surface area (Å²) < 4.78 is 5.37. The van der Waals surface area contributed by atoms with Crippen LogP contribution in [0.4, 0.5) is 5.82 Å². The highest BCUT2D eigenvalue weighted by Crippen LogP contribution is 2.22. The molecule has 106 valence electrons. The molecule has 0 spiro atoms. The van der Waals surface area contributed by atoms with Crippen LogP contribution >= 0.6 is 0 Å². The van der Waals surface area contributed by atoms with Crippen LogP contribution in [0.1, 0.15) is 33.6 Å². The molecule has 6 nitrogen and oxygen atoms in total. The number of aliphatic carboxylic acids is 1. The summed E-state index contributed by atoms with van der Waals surface area (Å²) in [6.07, 6.45) is 4.52. The molecule has 0 aliphatic rings. The zero-order valence-corrected chi connectivity index (χ0v) is 11.6. The van der Waals surface area contributed by atoms with E-state index >= 15 is 0 Å². The van der Waals surface area contributed by atoms with E-state index in [1.165, 1.54) is 6.20 Å². The summed E-state index contributed by atoms with van der Waals surface area (Å²) >= 11 is 0. The Morgan fingerprint density at radius 1 is 1.47 bits per heavy atom. The normalized spacial score (nSPS) is 13.6. The van der Waals surface area contributed by atoms with Gasteiger partial charge in [-0.1, -0.05) is 13.8 Å². The van der Waals surface area contributed by atoms with E-state index in [-0.39, 0.29) is 0 Å². The summed E-state index contributed by atoms with van der Waals surface area (Å²) in [6, 6.07) is 0. The Bertz CT molecular complexity index is 425. The molecule has 1 unspecified atom stereocenters. The second-order valence-electron chi connectivity index (χ2n) is 4.66. The number of aromatic nitrogens is 2. The van der Waals surface area contributed by atoms with Crippen LogP contribution in [0.5, 0.6) is 5.88 Å². The molecule has 0 aliphatic carbocycles. The number of carbonyl (C=O) groups is 1. The number of nitrogens with zero attached hydrogens (tertiary/aromatic N) is 2. The SMILES string of the molecule is CCCOc1cncc(NCC(C)(CC)C(=O)O)n1. The van der Waals surface area contributed by atoms with Crippen molar-refractivity contribution in [3.63, 3.8) is 0 Å². The molecule has 0 saturated carbocycles. The zero-order chi connectivity index (χ0) is 14.3. The van der Waals surface area contributed by atoms with Crippen molar-refractivity contribution in [1.82, 2.24) is 9.97 Å². The van der Waals surface area contributed by atoms with Gasteiger partial charge in [0.15, 0.2) is 0 Å². The van der Waals surface area contributed by atoms with Crippen LogP contribution in [0.15, 0.2) is 12.4 Å². The maximum Gasteiger partial charge on any atom is 0.311 e. The van der Waals surface area contributed by atoms with Gasteiger partial charge in [0.05, 0.1) is 24.4 Å². The number of anilines is 1. The lowest BCUT2D eigenvalue weighted by molar-refractivity contribution is -0.147. The molecule has 0 aromatic carbocycles. The largest absolute Gasteiger partial charge is 0.481 e. The molecule has 19 heavy (non-hydrogen) atoms. The van der Waals surface area contributed by atoms with Gasteiger partial charge in [-0.05, 0) is 19.8 Å². The Kier molecular flexibility index (Phi) is 5.54. The van der Waals surface area contributed by atoms with Crippen LogP contribution in [0, 0.1) is 5.41 Å².